The zero-order valence-electron chi connectivity index (χ0n) is 11.8. The van der Waals surface area contributed by atoms with E-state index in [4.69, 9.17) is 4.74 Å². The molecule has 1 nitrogen and oxygen atoms in total. The molecule has 100 valence electrons. The molecule has 0 radical (unpaired) electrons. The SMILES string of the molecule is CCC(CBr)COC1CC2CCC1(C)C2(C)C. The molecule has 0 aromatic carbocycles. The molecule has 2 saturated carbocycles. The smallest absolute Gasteiger partial charge is 0.0636 e. The Kier molecular flexibility index (Phi) is 3.95. The maximum Gasteiger partial charge on any atom is 0.0636 e. The number of ether oxygens (including phenoxy) is 1. The first-order chi connectivity index (χ1) is 7.95. The monoisotopic (exact) mass is 302 g/mol. The van der Waals surface area contributed by atoms with Gasteiger partial charge in [-0.15, -0.1) is 0 Å². The standard InChI is InChI=1S/C15H27BrO/c1-5-11(9-16)10-17-13-8-12-6-7-15(13,4)14(12,2)3/h11-13H,5-10H2,1-4H3. The van der Waals surface area contributed by atoms with Gasteiger partial charge in [0.15, 0.2) is 0 Å². The van der Waals surface area contributed by atoms with Gasteiger partial charge < -0.3 is 4.74 Å². The highest BCUT2D eigenvalue weighted by Crippen LogP contribution is 2.66. The predicted octanol–water partition coefficient (Wildman–Crippen LogP) is 4.64. The number of hydrogen-bond donors (Lipinski definition) is 0. The van der Waals surface area contributed by atoms with Crippen LogP contribution in [-0.4, -0.2) is 18.0 Å². The average Bonchev–Trinajstić information content (AvgIpc) is 2.63. The highest BCUT2D eigenvalue weighted by molar-refractivity contribution is 9.09. The zero-order chi connectivity index (χ0) is 12.7. The maximum absolute atomic E-state index is 6.29. The first kappa shape index (κ1) is 13.9. The van der Waals surface area contributed by atoms with Crippen LogP contribution in [0.5, 0.6) is 0 Å². The summed E-state index contributed by atoms with van der Waals surface area (Å²) in [5.74, 6) is 1.57. The molecule has 0 saturated heterocycles. The number of fused-ring (bicyclic) bond motifs is 2. The Labute approximate surface area is 115 Å². The molecule has 17 heavy (non-hydrogen) atoms. The summed E-state index contributed by atoms with van der Waals surface area (Å²) < 4.78 is 6.29. The van der Waals surface area contributed by atoms with Crippen molar-refractivity contribution in [2.24, 2.45) is 22.7 Å². The van der Waals surface area contributed by atoms with Crippen LogP contribution in [0.2, 0.25) is 0 Å². The molecule has 2 bridgehead atoms. The van der Waals surface area contributed by atoms with Crippen molar-refractivity contribution in [2.45, 2.75) is 59.5 Å². The minimum absolute atomic E-state index is 0.419. The van der Waals surface area contributed by atoms with Crippen LogP contribution in [0.25, 0.3) is 0 Å². The van der Waals surface area contributed by atoms with E-state index in [2.05, 4.69) is 43.6 Å². The Bertz CT molecular complexity index is 272. The molecule has 0 aromatic heterocycles. The van der Waals surface area contributed by atoms with Crippen LogP contribution in [0.1, 0.15) is 53.4 Å². The zero-order valence-corrected chi connectivity index (χ0v) is 13.3. The summed E-state index contributed by atoms with van der Waals surface area (Å²) in [6.45, 7) is 10.6. The summed E-state index contributed by atoms with van der Waals surface area (Å²) in [6.07, 6.45) is 5.78. The lowest BCUT2D eigenvalue weighted by Gasteiger charge is -2.39. The van der Waals surface area contributed by atoms with Crippen LogP contribution in [0.15, 0.2) is 0 Å². The van der Waals surface area contributed by atoms with Gasteiger partial charge in [0.1, 0.15) is 0 Å². The molecule has 0 amide bonds. The Hall–Kier alpha value is 0.440. The summed E-state index contributed by atoms with van der Waals surface area (Å²) in [6, 6.07) is 0. The predicted molar refractivity (Wildman–Crippen MR) is 76.5 cm³/mol. The highest BCUT2D eigenvalue weighted by atomic mass is 79.9. The van der Waals surface area contributed by atoms with E-state index in [0.717, 1.165) is 17.9 Å². The molecule has 0 aromatic rings. The number of alkyl halides is 1. The van der Waals surface area contributed by atoms with Crippen molar-refractivity contribution in [1.29, 1.82) is 0 Å². The molecule has 0 heterocycles. The Morgan fingerprint density at radius 1 is 1.35 bits per heavy atom. The first-order valence-corrected chi connectivity index (χ1v) is 8.25. The van der Waals surface area contributed by atoms with E-state index in [1.54, 1.807) is 0 Å². The molecular formula is C15H27BrO. The van der Waals surface area contributed by atoms with Crippen molar-refractivity contribution in [3.05, 3.63) is 0 Å². The van der Waals surface area contributed by atoms with Crippen LogP contribution in [0.4, 0.5) is 0 Å². The third-order valence-corrected chi connectivity index (χ3v) is 6.96. The summed E-state index contributed by atoms with van der Waals surface area (Å²) in [4.78, 5) is 0. The topological polar surface area (TPSA) is 9.23 Å². The van der Waals surface area contributed by atoms with Crippen molar-refractivity contribution >= 4 is 15.9 Å². The van der Waals surface area contributed by atoms with Crippen LogP contribution < -0.4 is 0 Å². The van der Waals surface area contributed by atoms with E-state index in [1.807, 2.05) is 0 Å². The van der Waals surface area contributed by atoms with Crippen LogP contribution in [0.3, 0.4) is 0 Å². The molecule has 2 aliphatic rings. The second-order valence-corrected chi connectivity index (χ2v) is 7.51. The van der Waals surface area contributed by atoms with Gasteiger partial charge in [0, 0.05) is 5.33 Å². The number of rotatable bonds is 5. The molecule has 2 heteroatoms. The van der Waals surface area contributed by atoms with E-state index in [-0.39, 0.29) is 0 Å². The molecule has 2 fully saturated rings. The minimum atomic E-state index is 0.419. The van der Waals surface area contributed by atoms with Crippen molar-refractivity contribution < 1.29 is 4.74 Å². The number of halogens is 1. The largest absolute Gasteiger partial charge is 0.377 e. The molecule has 0 N–H and O–H groups in total. The molecule has 2 rings (SSSR count). The fourth-order valence-electron chi connectivity index (χ4n) is 3.91. The lowest BCUT2D eigenvalue weighted by atomic mass is 9.70. The second-order valence-electron chi connectivity index (χ2n) is 6.86. The summed E-state index contributed by atoms with van der Waals surface area (Å²) in [5, 5.41) is 1.07. The normalized spacial score (nSPS) is 40.8. The van der Waals surface area contributed by atoms with E-state index >= 15 is 0 Å². The highest BCUT2D eigenvalue weighted by Gasteiger charge is 2.61. The van der Waals surface area contributed by atoms with Gasteiger partial charge in [-0.3, -0.25) is 0 Å². The van der Waals surface area contributed by atoms with E-state index < -0.39 is 0 Å². The number of hydrogen-bond acceptors (Lipinski definition) is 1. The van der Waals surface area contributed by atoms with E-state index in [9.17, 15) is 0 Å². The quantitative estimate of drug-likeness (QED) is 0.672. The van der Waals surface area contributed by atoms with Crippen LogP contribution >= 0.6 is 15.9 Å². The third-order valence-electron chi connectivity index (χ3n) is 6.04. The van der Waals surface area contributed by atoms with E-state index in [1.165, 1.54) is 25.7 Å². The van der Waals surface area contributed by atoms with Crippen molar-refractivity contribution in [3.8, 4) is 0 Å². The van der Waals surface area contributed by atoms with Gasteiger partial charge in [-0.2, -0.15) is 0 Å². The molecule has 0 spiro atoms. The average molecular weight is 303 g/mol. The van der Waals surface area contributed by atoms with Gasteiger partial charge in [-0.05, 0) is 41.9 Å². The van der Waals surface area contributed by atoms with Gasteiger partial charge >= 0.3 is 0 Å². The van der Waals surface area contributed by atoms with Gasteiger partial charge in [-0.1, -0.05) is 50.0 Å². The summed E-state index contributed by atoms with van der Waals surface area (Å²) >= 11 is 3.58. The van der Waals surface area contributed by atoms with Gasteiger partial charge in [0.05, 0.1) is 12.7 Å². The second kappa shape index (κ2) is 4.85. The Morgan fingerprint density at radius 2 is 2.06 bits per heavy atom. The Morgan fingerprint density at radius 3 is 2.47 bits per heavy atom. The van der Waals surface area contributed by atoms with Crippen molar-refractivity contribution in [1.82, 2.24) is 0 Å². The molecule has 4 atom stereocenters. The van der Waals surface area contributed by atoms with Gasteiger partial charge in [0.2, 0.25) is 0 Å². The molecule has 2 aliphatic carbocycles. The first-order valence-electron chi connectivity index (χ1n) is 7.13. The fraction of sp³-hybridized carbons (Fsp3) is 1.00. The molecule has 0 aliphatic heterocycles. The van der Waals surface area contributed by atoms with E-state index in [0.29, 0.717) is 22.9 Å². The molecular weight excluding hydrogens is 276 g/mol. The molecule has 4 unspecified atom stereocenters. The lowest BCUT2D eigenvalue weighted by Crippen LogP contribution is -2.38. The van der Waals surface area contributed by atoms with Crippen LogP contribution in [0, 0.1) is 22.7 Å². The Balaban J connectivity index is 1.96. The van der Waals surface area contributed by atoms with Gasteiger partial charge in [-0.25, -0.2) is 0 Å². The summed E-state index contributed by atoms with van der Waals surface area (Å²) in [7, 11) is 0. The maximum atomic E-state index is 6.29. The minimum Gasteiger partial charge on any atom is -0.377 e. The lowest BCUT2D eigenvalue weighted by molar-refractivity contribution is -0.0566. The van der Waals surface area contributed by atoms with Gasteiger partial charge in [0.25, 0.3) is 0 Å². The van der Waals surface area contributed by atoms with Crippen LogP contribution in [-0.2, 0) is 4.74 Å². The fourth-order valence-corrected chi connectivity index (χ4v) is 4.55. The third kappa shape index (κ3) is 2.10. The summed E-state index contributed by atoms with van der Waals surface area (Å²) in [5.41, 5.74) is 0.899. The van der Waals surface area contributed by atoms with Crippen molar-refractivity contribution in [2.75, 3.05) is 11.9 Å². The van der Waals surface area contributed by atoms with Crippen molar-refractivity contribution in [3.63, 3.8) is 0 Å².